The van der Waals surface area contributed by atoms with Crippen LogP contribution < -0.4 is 9.47 Å². The van der Waals surface area contributed by atoms with Gasteiger partial charge in [-0.2, -0.15) is 0 Å². The van der Waals surface area contributed by atoms with Crippen LogP contribution in [0.2, 0.25) is 0 Å². The van der Waals surface area contributed by atoms with Gasteiger partial charge in [0.05, 0.1) is 13.7 Å². The molecule has 0 aliphatic carbocycles. The normalized spacial score (nSPS) is 16.5. The summed E-state index contributed by atoms with van der Waals surface area (Å²) in [6.45, 7) is 9.92. The van der Waals surface area contributed by atoms with Crippen molar-refractivity contribution in [1.82, 2.24) is 19.6 Å². The van der Waals surface area contributed by atoms with E-state index in [4.69, 9.17) is 9.47 Å². The van der Waals surface area contributed by atoms with Gasteiger partial charge in [-0.3, -0.25) is 14.6 Å². The lowest BCUT2D eigenvalue weighted by Gasteiger charge is -2.34. The van der Waals surface area contributed by atoms with E-state index < -0.39 is 6.10 Å². The number of amides is 1. The van der Waals surface area contributed by atoms with E-state index in [9.17, 15) is 9.90 Å². The fourth-order valence-corrected chi connectivity index (χ4v) is 3.41. The summed E-state index contributed by atoms with van der Waals surface area (Å²) in [6, 6.07) is 6.34. The minimum absolute atomic E-state index is 0.148. The van der Waals surface area contributed by atoms with E-state index >= 15 is 0 Å². The van der Waals surface area contributed by atoms with Crippen LogP contribution in [-0.2, 0) is 11.3 Å². The van der Waals surface area contributed by atoms with Crippen LogP contribution in [-0.4, -0.2) is 117 Å². The van der Waals surface area contributed by atoms with Crippen molar-refractivity contribution >= 4 is 5.91 Å². The molecule has 1 aliphatic heterocycles. The van der Waals surface area contributed by atoms with E-state index in [-0.39, 0.29) is 12.5 Å². The van der Waals surface area contributed by atoms with Gasteiger partial charge in [0.1, 0.15) is 12.7 Å². The van der Waals surface area contributed by atoms with Gasteiger partial charge in [-0.1, -0.05) is 6.07 Å². The number of benzene rings is 1. The van der Waals surface area contributed by atoms with Crippen molar-refractivity contribution in [2.75, 3.05) is 74.1 Å². The molecule has 1 atom stereocenters. The van der Waals surface area contributed by atoms with Crippen LogP contribution in [0, 0.1) is 0 Å². The molecule has 1 heterocycles. The van der Waals surface area contributed by atoms with Gasteiger partial charge in [0.25, 0.3) is 0 Å². The Morgan fingerprint density at radius 2 is 1.74 bits per heavy atom. The lowest BCUT2D eigenvalue weighted by atomic mass is 10.1. The monoisotopic (exact) mass is 436 g/mol. The van der Waals surface area contributed by atoms with Crippen molar-refractivity contribution in [2.45, 2.75) is 32.5 Å². The van der Waals surface area contributed by atoms with Crippen LogP contribution in [0.4, 0.5) is 0 Å². The molecule has 0 saturated carbocycles. The summed E-state index contributed by atoms with van der Waals surface area (Å²) < 4.78 is 11.4. The Labute approximate surface area is 187 Å². The number of carbonyl (C=O) groups is 1. The number of ether oxygens (including phenoxy) is 2. The number of nitrogens with zero attached hydrogens (tertiary/aromatic N) is 4. The molecule has 0 spiro atoms. The number of hydrogen-bond donors (Lipinski definition) is 1. The minimum atomic E-state index is -0.563. The third-order valence-electron chi connectivity index (χ3n) is 5.77. The van der Waals surface area contributed by atoms with Gasteiger partial charge >= 0.3 is 0 Å². The first-order chi connectivity index (χ1) is 14.7. The smallest absolute Gasteiger partial charge is 0.236 e. The lowest BCUT2D eigenvalue weighted by Crippen LogP contribution is -2.48. The maximum absolute atomic E-state index is 11.9. The second-order valence-corrected chi connectivity index (χ2v) is 8.82. The highest BCUT2D eigenvalue weighted by molar-refractivity contribution is 5.77. The van der Waals surface area contributed by atoms with Crippen LogP contribution in [0.5, 0.6) is 11.5 Å². The number of hydrogen-bond acceptors (Lipinski definition) is 7. The van der Waals surface area contributed by atoms with Gasteiger partial charge < -0.3 is 24.4 Å². The van der Waals surface area contributed by atoms with E-state index in [1.807, 2.05) is 25.2 Å². The molecule has 8 nitrogen and oxygen atoms in total. The third-order valence-corrected chi connectivity index (χ3v) is 5.77. The van der Waals surface area contributed by atoms with E-state index in [0.29, 0.717) is 30.6 Å². The predicted molar refractivity (Wildman–Crippen MR) is 123 cm³/mol. The maximum atomic E-state index is 11.9. The molecule has 1 fully saturated rings. The van der Waals surface area contributed by atoms with E-state index in [1.165, 1.54) is 0 Å². The number of likely N-dealkylation sites (N-methyl/N-ethyl adjacent to an activating group) is 2. The van der Waals surface area contributed by atoms with Gasteiger partial charge in [-0.25, -0.2) is 0 Å². The van der Waals surface area contributed by atoms with Gasteiger partial charge in [0, 0.05) is 59.4 Å². The van der Waals surface area contributed by atoms with Crippen molar-refractivity contribution < 1.29 is 19.4 Å². The van der Waals surface area contributed by atoms with Crippen molar-refractivity contribution in [3.63, 3.8) is 0 Å². The molecule has 1 amide bonds. The number of carbonyl (C=O) groups excluding carboxylic acids is 1. The molecule has 1 N–H and O–H groups in total. The van der Waals surface area contributed by atoms with Crippen molar-refractivity contribution in [3.05, 3.63) is 23.8 Å². The molecule has 0 aromatic heterocycles. The van der Waals surface area contributed by atoms with Crippen molar-refractivity contribution in [3.8, 4) is 11.5 Å². The first-order valence-electron chi connectivity index (χ1n) is 11.0. The number of aliphatic hydroxyl groups is 1. The summed E-state index contributed by atoms with van der Waals surface area (Å²) in [5.74, 6) is 1.47. The largest absolute Gasteiger partial charge is 0.493 e. The zero-order valence-corrected chi connectivity index (χ0v) is 20.0. The minimum Gasteiger partial charge on any atom is -0.493 e. The second kappa shape index (κ2) is 12.2. The molecule has 176 valence electrons. The van der Waals surface area contributed by atoms with Crippen molar-refractivity contribution in [1.29, 1.82) is 0 Å². The molecule has 2 rings (SSSR count). The zero-order valence-electron chi connectivity index (χ0n) is 20.0. The number of rotatable bonds is 11. The average molecular weight is 437 g/mol. The predicted octanol–water partition coefficient (Wildman–Crippen LogP) is 0.981. The van der Waals surface area contributed by atoms with Crippen LogP contribution >= 0.6 is 0 Å². The van der Waals surface area contributed by atoms with E-state index in [2.05, 4.69) is 28.5 Å². The maximum Gasteiger partial charge on any atom is 0.236 e. The van der Waals surface area contributed by atoms with Crippen LogP contribution in [0.3, 0.4) is 0 Å². The first kappa shape index (κ1) is 25.4. The molecule has 0 radical (unpaired) electrons. The Hall–Kier alpha value is -1.87. The van der Waals surface area contributed by atoms with Crippen molar-refractivity contribution in [2.24, 2.45) is 0 Å². The highest BCUT2D eigenvalue weighted by Crippen LogP contribution is 2.29. The van der Waals surface area contributed by atoms with Crippen LogP contribution in [0.25, 0.3) is 0 Å². The Bertz CT molecular complexity index is 690. The molecule has 31 heavy (non-hydrogen) atoms. The molecular weight excluding hydrogens is 396 g/mol. The summed E-state index contributed by atoms with van der Waals surface area (Å²) in [5, 5.41) is 10.2. The fraction of sp³-hybridized carbons (Fsp3) is 0.696. The Morgan fingerprint density at radius 1 is 1.10 bits per heavy atom. The molecule has 0 bridgehead atoms. The molecule has 8 heteroatoms. The molecule has 0 unspecified atom stereocenters. The highest BCUT2D eigenvalue weighted by atomic mass is 16.5. The molecular formula is C23H40N4O4. The fourth-order valence-electron chi connectivity index (χ4n) is 3.41. The SMILES string of the molecule is COc1cc(CN2CCN(CC(=O)N(C)C)CC2)ccc1OC[C@@H](O)CN(C)C(C)C. The van der Waals surface area contributed by atoms with Gasteiger partial charge in [0.2, 0.25) is 5.91 Å². The number of methoxy groups -OCH3 is 1. The zero-order chi connectivity index (χ0) is 23.0. The summed E-state index contributed by atoms with van der Waals surface area (Å²) >= 11 is 0. The highest BCUT2D eigenvalue weighted by Gasteiger charge is 2.20. The molecule has 1 saturated heterocycles. The number of aliphatic hydroxyl groups excluding tert-OH is 1. The topological polar surface area (TPSA) is 68.7 Å². The Balaban J connectivity index is 1.84. The first-order valence-corrected chi connectivity index (χ1v) is 11.0. The summed E-state index contributed by atoms with van der Waals surface area (Å²) in [5.41, 5.74) is 1.15. The van der Waals surface area contributed by atoms with Gasteiger partial charge in [-0.15, -0.1) is 0 Å². The summed E-state index contributed by atoms with van der Waals surface area (Å²) in [4.78, 5) is 20.2. The van der Waals surface area contributed by atoms with Gasteiger partial charge in [0.15, 0.2) is 11.5 Å². The number of piperazine rings is 1. The standard InChI is InChI=1S/C23H40N4O4/c1-18(2)25(5)15-20(28)17-31-21-8-7-19(13-22(21)30-6)14-26-9-11-27(12-10-26)16-23(29)24(3)4/h7-8,13,18,20,28H,9-12,14-17H2,1-6H3/t20-/m0/s1. The Morgan fingerprint density at radius 3 is 2.32 bits per heavy atom. The summed E-state index contributed by atoms with van der Waals surface area (Å²) in [7, 11) is 7.22. The molecule has 1 aliphatic rings. The molecule has 1 aromatic rings. The van der Waals surface area contributed by atoms with Crippen LogP contribution in [0.15, 0.2) is 18.2 Å². The van der Waals surface area contributed by atoms with E-state index in [1.54, 1.807) is 26.1 Å². The van der Waals surface area contributed by atoms with E-state index in [0.717, 1.165) is 38.3 Å². The summed E-state index contributed by atoms with van der Waals surface area (Å²) in [6.07, 6.45) is -0.563. The second-order valence-electron chi connectivity index (χ2n) is 8.82. The average Bonchev–Trinajstić information content (AvgIpc) is 2.73. The van der Waals surface area contributed by atoms with Gasteiger partial charge in [-0.05, 0) is 38.6 Å². The molecule has 1 aromatic carbocycles. The third kappa shape index (κ3) is 8.29. The lowest BCUT2D eigenvalue weighted by molar-refractivity contribution is -0.130. The Kier molecular flexibility index (Phi) is 10.0. The quantitative estimate of drug-likeness (QED) is 0.555. The van der Waals surface area contributed by atoms with Crippen LogP contribution in [0.1, 0.15) is 19.4 Å².